The summed E-state index contributed by atoms with van der Waals surface area (Å²) < 4.78 is 46.5. The smallest absolute Gasteiger partial charge is 0.264 e. The van der Waals surface area contributed by atoms with Gasteiger partial charge in [0.1, 0.15) is 11.9 Å². The Morgan fingerprint density at radius 2 is 1.73 bits per heavy atom. The van der Waals surface area contributed by atoms with Gasteiger partial charge >= 0.3 is 0 Å². The van der Waals surface area contributed by atoms with Crippen LogP contribution in [0, 0.1) is 0 Å². The standard InChI is InChI=1S/C19H22O6S/c1-14(25-26(3,20)21)19(23-12-6-7-13-24-19)18-16-9-5-4-8-15(16)10-11-17(18)22-2/h4-11,14H,12-13H2,1-3H3. The largest absolute Gasteiger partial charge is 0.496 e. The summed E-state index contributed by atoms with van der Waals surface area (Å²) in [5.74, 6) is -0.909. The lowest BCUT2D eigenvalue weighted by atomic mass is 9.93. The van der Waals surface area contributed by atoms with E-state index in [2.05, 4.69) is 0 Å². The second kappa shape index (κ2) is 7.36. The summed E-state index contributed by atoms with van der Waals surface area (Å²) in [4.78, 5) is 0. The average molecular weight is 378 g/mol. The van der Waals surface area contributed by atoms with E-state index in [0.29, 0.717) is 11.3 Å². The highest BCUT2D eigenvalue weighted by Gasteiger charge is 2.46. The zero-order valence-electron chi connectivity index (χ0n) is 15.0. The summed E-state index contributed by atoms with van der Waals surface area (Å²) in [7, 11) is -2.17. The molecule has 0 amide bonds. The lowest BCUT2D eigenvalue weighted by Crippen LogP contribution is -2.45. The fraction of sp³-hybridized carbons (Fsp3) is 0.368. The Morgan fingerprint density at radius 3 is 2.35 bits per heavy atom. The van der Waals surface area contributed by atoms with Gasteiger partial charge in [-0.1, -0.05) is 42.5 Å². The van der Waals surface area contributed by atoms with Crippen molar-refractivity contribution in [2.24, 2.45) is 0 Å². The number of hydrogen-bond donors (Lipinski definition) is 0. The van der Waals surface area contributed by atoms with Gasteiger partial charge in [-0.15, -0.1) is 0 Å². The van der Waals surface area contributed by atoms with E-state index in [1.807, 2.05) is 48.6 Å². The molecule has 1 aliphatic heterocycles. The molecule has 1 atom stereocenters. The summed E-state index contributed by atoms with van der Waals surface area (Å²) in [5.41, 5.74) is 0.609. The molecule has 0 aliphatic carbocycles. The van der Waals surface area contributed by atoms with Gasteiger partial charge in [-0.3, -0.25) is 4.18 Å². The van der Waals surface area contributed by atoms with Crippen LogP contribution in [0.4, 0.5) is 0 Å². The molecule has 0 aromatic heterocycles. The van der Waals surface area contributed by atoms with Crippen LogP contribution in [0.15, 0.2) is 48.6 Å². The minimum absolute atomic E-state index is 0.254. The maximum Gasteiger partial charge on any atom is 0.264 e. The number of hydrogen-bond acceptors (Lipinski definition) is 6. The molecule has 0 bridgehead atoms. The Bertz CT molecular complexity index is 909. The van der Waals surface area contributed by atoms with Crippen LogP contribution in [0.5, 0.6) is 5.75 Å². The van der Waals surface area contributed by atoms with E-state index in [1.165, 1.54) is 0 Å². The summed E-state index contributed by atoms with van der Waals surface area (Å²) in [5, 5.41) is 1.80. The van der Waals surface area contributed by atoms with Crippen molar-refractivity contribution in [3.05, 3.63) is 54.1 Å². The molecule has 7 heteroatoms. The predicted octanol–water partition coefficient (Wildman–Crippen LogP) is 2.97. The number of methoxy groups -OCH3 is 1. The van der Waals surface area contributed by atoms with Crippen LogP contribution in [0.25, 0.3) is 10.8 Å². The van der Waals surface area contributed by atoms with Gasteiger partial charge in [-0.25, -0.2) is 0 Å². The molecule has 0 spiro atoms. The van der Waals surface area contributed by atoms with Gasteiger partial charge in [0.15, 0.2) is 0 Å². The lowest BCUT2D eigenvalue weighted by molar-refractivity contribution is -0.270. The third kappa shape index (κ3) is 3.61. The Morgan fingerprint density at radius 1 is 1.08 bits per heavy atom. The van der Waals surface area contributed by atoms with Crippen molar-refractivity contribution >= 4 is 20.9 Å². The number of ether oxygens (including phenoxy) is 3. The minimum atomic E-state index is -3.72. The third-order valence-corrected chi connectivity index (χ3v) is 4.91. The summed E-state index contributed by atoms with van der Waals surface area (Å²) in [6.45, 7) is 2.13. The van der Waals surface area contributed by atoms with E-state index >= 15 is 0 Å². The first-order valence-corrected chi connectivity index (χ1v) is 10.1. The zero-order chi connectivity index (χ0) is 18.8. The molecular formula is C19H22O6S. The SMILES string of the molecule is COc1ccc2ccccc2c1C1(C(C)OS(C)(=O)=O)OCC=CCO1. The molecule has 0 radical (unpaired) electrons. The molecular weight excluding hydrogens is 356 g/mol. The Hall–Kier alpha value is -1.93. The Kier molecular flexibility index (Phi) is 5.34. The van der Waals surface area contributed by atoms with Gasteiger partial charge in [0.2, 0.25) is 5.79 Å². The fourth-order valence-corrected chi connectivity index (χ4v) is 3.86. The second-order valence-electron chi connectivity index (χ2n) is 6.07. The van der Waals surface area contributed by atoms with Gasteiger partial charge in [0.25, 0.3) is 10.1 Å². The highest BCUT2D eigenvalue weighted by molar-refractivity contribution is 7.86. The fourth-order valence-electron chi connectivity index (χ4n) is 3.21. The molecule has 0 N–H and O–H groups in total. The van der Waals surface area contributed by atoms with E-state index < -0.39 is 22.0 Å². The molecule has 3 rings (SSSR count). The van der Waals surface area contributed by atoms with Gasteiger partial charge in [-0.2, -0.15) is 8.42 Å². The molecule has 6 nitrogen and oxygen atoms in total. The average Bonchev–Trinajstić information content (AvgIpc) is 2.86. The van der Waals surface area contributed by atoms with Crippen LogP contribution in [-0.2, 0) is 29.6 Å². The topological polar surface area (TPSA) is 71.1 Å². The van der Waals surface area contributed by atoms with Gasteiger partial charge in [0, 0.05) is 0 Å². The van der Waals surface area contributed by atoms with Gasteiger partial charge in [0.05, 0.1) is 32.1 Å². The molecule has 0 saturated carbocycles. The molecule has 1 heterocycles. The zero-order valence-corrected chi connectivity index (χ0v) is 15.8. The van der Waals surface area contributed by atoms with Crippen LogP contribution in [0.3, 0.4) is 0 Å². The van der Waals surface area contributed by atoms with Crippen LogP contribution < -0.4 is 4.74 Å². The molecule has 140 valence electrons. The van der Waals surface area contributed by atoms with E-state index in [1.54, 1.807) is 14.0 Å². The van der Waals surface area contributed by atoms with Crippen LogP contribution in [-0.4, -0.2) is 41.1 Å². The first kappa shape index (κ1) is 18.8. The van der Waals surface area contributed by atoms with E-state index in [-0.39, 0.29) is 13.2 Å². The first-order valence-electron chi connectivity index (χ1n) is 8.25. The van der Waals surface area contributed by atoms with Crippen molar-refractivity contribution < 1.29 is 26.8 Å². The summed E-state index contributed by atoms with van der Waals surface area (Å²) in [6.07, 6.45) is 3.73. The molecule has 26 heavy (non-hydrogen) atoms. The van der Waals surface area contributed by atoms with Crippen molar-refractivity contribution in [2.45, 2.75) is 18.8 Å². The van der Waals surface area contributed by atoms with Crippen LogP contribution >= 0.6 is 0 Å². The second-order valence-corrected chi connectivity index (χ2v) is 7.67. The lowest BCUT2D eigenvalue weighted by Gasteiger charge is -2.38. The molecule has 0 fully saturated rings. The molecule has 2 aromatic carbocycles. The maximum atomic E-state index is 11.8. The van der Waals surface area contributed by atoms with Crippen LogP contribution in [0.2, 0.25) is 0 Å². The van der Waals surface area contributed by atoms with Crippen molar-refractivity contribution in [1.29, 1.82) is 0 Å². The Labute approximate surface area is 153 Å². The number of benzene rings is 2. The van der Waals surface area contributed by atoms with E-state index in [9.17, 15) is 8.42 Å². The van der Waals surface area contributed by atoms with Gasteiger partial charge in [-0.05, 0) is 23.8 Å². The third-order valence-electron chi connectivity index (χ3n) is 4.27. The number of rotatable bonds is 5. The first-order chi connectivity index (χ1) is 12.4. The number of fused-ring (bicyclic) bond motifs is 1. The quantitative estimate of drug-likeness (QED) is 0.588. The molecule has 1 aliphatic rings. The summed E-state index contributed by atoms with van der Waals surface area (Å²) in [6, 6.07) is 11.5. The van der Waals surface area contributed by atoms with Crippen LogP contribution in [0.1, 0.15) is 12.5 Å². The molecule has 1 unspecified atom stereocenters. The van der Waals surface area contributed by atoms with E-state index in [0.717, 1.165) is 17.0 Å². The van der Waals surface area contributed by atoms with Crippen molar-refractivity contribution in [1.82, 2.24) is 0 Å². The molecule has 2 aromatic rings. The molecule has 0 saturated heterocycles. The minimum Gasteiger partial charge on any atom is -0.496 e. The summed E-state index contributed by atoms with van der Waals surface area (Å²) >= 11 is 0. The Balaban J connectivity index is 2.27. The monoisotopic (exact) mass is 378 g/mol. The predicted molar refractivity (Wildman–Crippen MR) is 98.6 cm³/mol. The van der Waals surface area contributed by atoms with Crippen molar-refractivity contribution in [3.63, 3.8) is 0 Å². The van der Waals surface area contributed by atoms with Gasteiger partial charge < -0.3 is 14.2 Å². The van der Waals surface area contributed by atoms with Crippen molar-refractivity contribution in [2.75, 3.05) is 26.6 Å². The van der Waals surface area contributed by atoms with Crippen molar-refractivity contribution in [3.8, 4) is 5.75 Å². The van der Waals surface area contributed by atoms with E-state index in [4.69, 9.17) is 18.4 Å². The highest BCUT2D eigenvalue weighted by atomic mass is 32.2. The normalized spacial score (nSPS) is 18.4. The highest BCUT2D eigenvalue weighted by Crippen LogP contribution is 2.43. The maximum absolute atomic E-state index is 11.8.